The molecule has 4 nitrogen and oxygen atoms in total. The number of para-hydroxylation sites is 1. The minimum Gasteiger partial charge on any atom is -0.378 e. The molecule has 104 valence electrons. The quantitative estimate of drug-likeness (QED) is 0.827. The summed E-state index contributed by atoms with van der Waals surface area (Å²) in [5.41, 5.74) is 2.00. The summed E-state index contributed by atoms with van der Waals surface area (Å²) < 4.78 is 5.53. The van der Waals surface area contributed by atoms with Crippen LogP contribution in [-0.2, 0) is 16.1 Å². The van der Waals surface area contributed by atoms with Gasteiger partial charge >= 0.3 is 0 Å². The topological polar surface area (TPSA) is 50.4 Å². The van der Waals surface area contributed by atoms with E-state index in [9.17, 15) is 4.79 Å². The number of nitrogens with one attached hydrogen (secondary N) is 2. The van der Waals surface area contributed by atoms with Crippen LogP contribution in [0.15, 0.2) is 24.3 Å². The van der Waals surface area contributed by atoms with Gasteiger partial charge in [0.25, 0.3) is 0 Å². The molecule has 1 saturated heterocycles. The third kappa shape index (κ3) is 4.33. The first-order valence-electron chi connectivity index (χ1n) is 6.93. The van der Waals surface area contributed by atoms with Gasteiger partial charge in [-0.25, -0.2) is 0 Å². The highest BCUT2D eigenvalue weighted by molar-refractivity contribution is 5.91. The average molecular weight is 262 g/mol. The maximum Gasteiger partial charge on any atom is 0.224 e. The van der Waals surface area contributed by atoms with Crippen molar-refractivity contribution < 1.29 is 9.53 Å². The molecule has 1 unspecified atom stereocenters. The molecule has 1 heterocycles. The van der Waals surface area contributed by atoms with Crippen LogP contribution >= 0.6 is 0 Å². The molecule has 1 aliphatic heterocycles. The summed E-state index contributed by atoms with van der Waals surface area (Å²) in [5, 5.41) is 6.09. The van der Waals surface area contributed by atoms with Crippen LogP contribution in [0.5, 0.6) is 0 Å². The van der Waals surface area contributed by atoms with E-state index >= 15 is 0 Å². The summed E-state index contributed by atoms with van der Waals surface area (Å²) >= 11 is 0. The number of carbonyl (C=O) groups excluding carboxylic acids is 1. The van der Waals surface area contributed by atoms with Gasteiger partial charge in [-0.2, -0.15) is 0 Å². The summed E-state index contributed by atoms with van der Waals surface area (Å²) in [4.78, 5) is 11.9. The van der Waals surface area contributed by atoms with Gasteiger partial charge in [0, 0.05) is 25.3 Å². The number of hydrogen-bond donors (Lipinski definition) is 2. The van der Waals surface area contributed by atoms with E-state index in [1.54, 1.807) is 0 Å². The summed E-state index contributed by atoms with van der Waals surface area (Å²) in [6.45, 7) is 1.60. The van der Waals surface area contributed by atoms with Crippen molar-refractivity contribution in [3.05, 3.63) is 29.8 Å². The van der Waals surface area contributed by atoms with Gasteiger partial charge < -0.3 is 15.4 Å². The number of benzene rings is 1. The molecule has 0 spiro atoms. The Morgan fingerprint density at radius 3 is 3.00 bits per heavy atom. The van der Waals surface area contributed by atoms with Crippen molar-refractivity contribution in [3.63, 3.8) is 0 Å². The van der Waals surface area contributed by atoms with Gasteiger partial charge in [-0.15, -0.1) is 0 Å². The van der Waals surface area contributed by atoms with Crippen LogP contribution in [0.3, 0.4) is 0 Å². The molecule has 4 heteroatoms. The Kier molecular flexibility index (Phi) is 5.36. The molecule has 1 aromatic rings. The van der Waals surface area contributed by atoms with Gasteiger partial charge in [0.05, 0.1) is 6.10 Å². The number of ether oxygens (including phenoxy) is 1. The van der Waals surface area contributed by atoms with Gasteiger partial charge in [-0.1, -0.05) is 18.2 Å². The Balaban J connectivity index is 1.83. The number of carbonyl (C=O) groups is 1. The van der Waals surface area contributed by atoms with E-state index in [2.05, 4.69) is 10.6 Å². The van der Waals surface area contributed by atoms with Crippen molar-refractivity contribution in [1.29, 1.82) is 0 Å². The zero-order valence-corrected chi connectivity index (χ0v) is 11.4. The SMILES string of the molecule is CNCc1ccccc1NC(=O)CCC1CCCO1. The van der Waals surface area contributed by atoms with E-state index in [0.29, 0.717) is 6.42 Å². The van der Waals surface area contributed by atoms with Gasteiger partial charge in [0.15, 0.2) is 0 Å². The Labute approximate surface area is 114 Å². The largest absolute Gasteiger partial charge is 0.378 e. The fraction of sp³-hybridized carbons (Fsp3) is 0.533. The molecule has 0 aliphatic carbocycles. The summed E-state index contributed by atoms with van der Waals surface area (Å²) in [6, 6.07) is 7.88. The molecule has 0 aromatic heterocycles. The molecule has 2 rings (SSSR count). The first-order valence-corrected chi connectivity index (χ1v) is 6.93. The molecule has 1 amide bonds. The molecule has 2 N–H and O–H groups in total. The van der Waals surface area contributed by atoms with Crippen LogP contribution in [0.1, 0.15) is 31.2 Å². The van der Waals surface area contributed by atoms with Crippen molar-refractivity contribution >= 4 is 11.6 Å². The standard InChI is InChI=1S/C15H22N2O2/c1-16-11-12-5-2-3-7-14(12)17-15(18)9-8-13-6-4-10-19-13/h2-3,5,7,13,16H,4,6,8-11H2,1H3,(H,17,18). The Morgan fingerprint density at radius 1 is 1.42 bits per heavy atom. The van der Waals surface area contributed by atoms with Crippen LogP contribution in [0, 0.1) is 0 Å². The van der Waals surface area contributed by atoms with Crippen LogP contribution in [0.25, 0.3) is 0 Å². The van der Waals surface area contributed by atoms with Gasteiger partial charge in [-0.05, 0) is 37.9 Å². The molecular weight excluding hydrogens is 240 g/mol. The smallest absolute Gasteiger partial charge is 0.224 e. The minimum atomic E-state index is 0.0686. The lowest BCUT2D eigenvalue weighted by atomic mass is 10.1. The molecule has 0 bridgehead atoms. The zero-order valence-electron chi connectivity index (χ0n) is 11.4. The summed E-state index contributed by atoms with van der Waals surface area (Å²) in [5.74, 6) is 0.0686. The monoisotopic (exact) mass is 262 g/mol. The lowest BCUT2D eigenvalue weighted by Gasteiger charge is -2.12. The molecule has 0 saturated carbocycles. The summed E-state index contributed by atoms with van der Waals surface area (Å²) in [6.07, 6.45) is 3.83. The second-order valence-corrected chi connectivity index (χ2v) is 4.91. The fourth-order valence-electron chi connectivity index (χ4n) is 2.36. The molecule has 1 fully saturated rings. The molecule has 19 heavy (non-hydrogen) atoms. The first-order chi connectivity index (χ1) is 9.29. The fourth-order valence-corrected chi connectivity index (χ4v) is 2.36. The predicted molar refractivity (Wildman–Crippen MR) is 76.0 cm³/mol. The highest BCUT2D eigenvalue weighted by atomic mass is 16.5. The predicted octanol–water partition coefficient (Wildman–Crippen LogP) is 2.30. The van der Waals surface area contributed by atoms with Gasteiger partial charge in [-0.3, -0.25) is 4.79 Å². The minimum absolute atomic E-state index is 0.0686. The van der Waals surface area contributed by atoms with E-state index in [-0.39, 0.29) is 12.0 Å². The average Bonchev–Trinajstić information content (AvgIpc) is 2.92. The zero-order chi connectivity index (χ0) is 13.5. The normalized spacial score (nSPS) is 18.5. The highest BCUT2D eigenvalue weighted by Gasteiger charge is 2.16. The van der Waals surface area contributed by atoms with Crippen molar-refractivity contribution in [2.24, 2.45) is 0 Å². The van der Waals surface area contributed by atoms with Crippen molar-refractivity contribution in [2.75, 3.05) is 19.0 Å². The van der Waals surface area contributed by atoms with E-state index in [0.717, 1.165) is 43.7 Å². The molecule has 0 radical (unpaired) electrons. The first kappa shape index (κ1) is 14.0. The molecular formula is C15H22N2O2. The van der Waals surface area contributed by atoms with Gasteiger partial charge in [0.1, 0.15) is 0 Å². The van der Waals surface area contributed by atoms with Crippen LogP contribution in [-0.4, -0.2) is 25.7 Å². The van der Waals surface area contributed by atoms with Crippen molar-refractivity contribution in [2.45, 2.75) is 38.3 Å². The highest BCUT2D eigenvalue weighted by Crippen LogP contribution is 2.18. The van der Waals surface area contributed by atoms with E-state index < -0.39 is 0 Å². The van der Waals surface area contributed by atoms with E-state index in [1.165, 1.54) is 0 Å². The third-order valence-corrected chi connectivity index (χ3v) is 3.38. The lowest BCUT2D eigenvalue weighted by Crippen LogP contribution is -2.17. The van der Waals surface area contributed by atoms with Crippen molar-refractivity contribution in [1.82, 2.24) is 5.32 Å². The van der Waals surface area contributed by atoms with E-state index in [4.69, 9.17) is 4.74 Å². The lowest BCUT2D eigenvalue weighted by molar-refractivity contribution is -0.116. The molecule has 1 aliphatic rings. The van der Waals surface area contributed by atoms with E-state index in [1.807, 2.05) is 31.3 Å². The Bertz CT molecular complexity index is 414. The van der Waals surface area contributed by atoms with Crippen LogP contribution in [0.2, 0.25) is 0 Å². The number of hydrogen-bond acceptors (Lipinski definition) is 3. The number of rotatable bonds is 6. The summed E-state index contributed by atoms with van der Waals surface area (Å²) in [7, 11) is 1.90. The Morgan fingerprint density at radius 2 is 2.26 bits per heavy atom. The second-order valence-electron chi connectivity index (χ2n) is 4.91. The Hall–Kier alpha value is -1.39. The van der Waals surface area contributed by atoms with Gasteiger partial charge in [0.2, 0.25) is 5.91 Å². The number of amides is 1. The maximum atomic E-state index is 11.9. The second kappa shape index (κ2) is 7.26. The number of anilines is 1. The molecule has 1 atom stereocenters. The van der Waals surface area contributed by atoms with Crippen LogP contribution < -0.4 is 10.6 Å². The third-order valence-electron chi connectivity index (χ3n) is 3.38. The molecule has 1 aromatic carbocycles. The maximum absolute atomic E-state index is 11.9. The van der Waals surface area contributed by atoms with Crippen LogP contribution in [0.4, 0.5) is 5.69 Å². The van der Waals surface area contributed by atoms with Crippen molar-refractivity contribution in [3.8, 4) is 0 Å².